The fourth-order valence-corrected chi connectivity index (χ4v) is 4.26. The minimum atomic E-state index is -0.922. The van der Waals surface area contributed by atoms with Crippen molar-refractivity contribution >= 4 is 23.3 Å². The first kappa shape index (κ1) is 29.6. The van der Waals surface area contributed by atoms with Gasteiger partial charge in [0.2, 0.25) is 0 Å². The lowest BCUT2D eigenvalue weighted by atomic mass is 9.98. The third-order valence-electron chi connectivity index (χ3n) is 6.02. The lowest BCUT2D eigenvalue weighted by molar-refractivity contribution is -0.757. The molecule has 13 heteroatoms. The molecule has 2 aromatic carbocycles. The third-order valence-corrected chi connectivity index (χ3v) is 6.32. The number of hydrogen-bond donors (Lipinski definition) is 3. The van der Waals surface area contributed by atoms with Gasteiger partial charge in [-0.15, -0.1) is 15.2 Å². The van der Waals surface area contributed by atoms with Crippen LogP contribution in [0.15, 0.2) is 53.6 Å². The van der Waals surface area contributed by atoms with Crippen molar-refractivity contribution in [1.29, 1.82) is 0 Å². The lowest BCUT2D eigenvalue weighted by Crippen LogP contribution is -2.35. The molecule has 0 aliphatic rings. The average molecular weight is 558 g/mol. The van der Waals surface area contributed by atoms with Crippen molar-refractivity contribution in [1.82, 2.24) is 14.7 Å². The quantitative estimate of drug-likeness (QED) is 0.0513. The van der Waals surface area contributed by atoms with Gasteiger partial charge in [0.1, 0.15) is 5.82 Å². The summed E-state index contributed by atoms with van der Waals surface area (Å²) in [5.41, 5.74) is 10.0. The van der Waals surface area contributed by atoms with Gasteiger partial charge in [-0.2, -0.15) is 5.12 Å². The number of hydrogen-bond acceptors (Lipinski definition) is 8. The Balaban J connectivity index is 1.77. The van der Waals surface area contributed by atoms with E-state index in [-0.39, 0.29) is 31.9 Å². The number of halogens is 1. The molecule has 0 aliphatic carbocycles. The van der Waals surface area contributed by atoms with E-state index in [9.17, 15) is 20.0 Å². The number of aromatic nitrogens is 2. The molecule has 0 bridgehead atoms. The van der Waals surface area contributed by atoms with E-state index in [1.54, 1.807) is 12.1 Å². The van der Waals surface area contributed by atoms with E-state index < -0.39 is 11.0 Å². The number of amidine groups is 1. The molecule has 39 heavy (non-hydrogen) atoms. The van der Waals surface area contributed by atoms with Crippen LogP contribution in [0.4, 0.5) is 0 Å². The number of imidazole rings is 1. The standard InChI is InChI=1S/C26H32ClN7O5/c1-2-3-9-23-30-25(27)22(17-35)32(23)16-18-11-13-19(14-12-18)20-7-4-5-8-21(20)26(28)31-33(29)24(36)10-6-15-39-34(37)38/h4-5,7-8,11-14,35H,2-3,6,9-10,15-17,29H2,1H3,(H2,28,31). The number of hydrazone groups is 1. The number of nitrogens with two attached hydrogens (primary N) is 2. The molecule has 3 rings (SSSR count). The monoisotopic (exact) mass is 557 g/mol. The maximum absolute atomic E-state index is 12.2. The van der Waals surface area contributed by atoms with Gasteiger partial charge in [0.25, 0.3) is 11.0 Å². The zero-order chi connectivity index (χ0) is 28.4. The van der Waals surface area contributed by atoms with Crippen molar-refractivity contribution in [3.05, 3.63) is 86.4 Å². The number of carbonyl (C=O) groups excluding carboxylic acids is 1. The molecule has 0 saturated carbocycles. The Kier molecular flexibility index (Phi) is 10.8. The molecule has 208 valence electrons. The Morgan fingerprint density at radius 3 is 2.62 bits per heavy atom. The number of aliphatic hydroxyl groups is 1. The van der Waals surface area contributed by atoms with Crippen molar-refractivity contribution < 1.29 is 19.8 Å². The number of carbonyl (C=O) groups is 1. The smallest absolute Gasteiger partial charge is 0.294 e. The predicted molar refractivity (Wildman–Crippen MR) is 147 cm³/mol. The summed E-state index contributed by atoms with van der Waals surface area (Å²) < 4.78 is 1.96. The maximum atomic E-state index is 12.2. The SMILES string of the molecule is CCCCc1nc(Cl)c(CO)n1Cc1ccc(-c2ccccc2/C(N)=N/N(N)C(=O)CCCO[N+](=O)[O-])cc1. The first-order valence-corrected chi connectivity index (χ1v) is 12.8. The Morgan fingerprint density at radius 1 is 1.23 bits per heavy atom. The molecule has 3 aromatic rings. The molecular formula is C26H32ClN7O5. The maximum Gasteiger partial charge on any atom is 0.294 e. The van der Waals surface area contributed by atoms with Crippen molar-refractivity contribution in [2.45, 2.75) is 52.2 Å². The second-order valence-corrected chi connectivity index (χ2v) is 9.10. The number of aliphatic hydroxyl groups excluding tert-OH is 1. The fourth-order valence-electron chi connectivity index (χ4n) is 4.00. The molecular weight excluding hydrogens is 526 g/mol. The largest absolute Gasteiger partial charge is 0.390 e. The van der Waals surface area contributed by atoms with Crippen LogP contribution >= 0.6 is 11.6 Å². The van der Waals surface area contributed by atoms with Crippen molar-refractivity contribution in [2.75, 3.05) is 6.61 Å². The Bertz CT molecular complexity index is 1310. The number of benzene rings is 2. The van der Waals surface area contributed by atoms with E-state index >= 15 is 0 Å². The van der Waals surface area contributed by atoms with Gasteiger partial charge in [0, 0.05) is 24.9 Å². The fraction of sp³-hybridized carbons (Fsp3) is 0.346. The molecule has 0 saturated heterocycles. The molecule has 12 nitrogen and oxygen atoms in total. The molecule has 1 aromatic heterocycles. The van der Waals surface area contributed by atoms with Crippen molar-refractivity contribution in [3.63, 3.8) is 0 Å². The van der Waals surface area contributed by atoms with Gasteiger partial charge in [-0.1, -0.05) is 73.5 Å². The van der Waals surface area contributed by atoms with Crippen LogP contribution in [0.1, 0.15) is 55.3 Å². The Labute approximate surface area is 230 Å². The lowest BCUT2D eigenvalue weighted by Gasteiger charge is -2.15. The third kappa shape index (κ3) is 7.99. The summed E-state index contributed by atoms with van der Waals surface area (Å²) in [6.45, 7) is 2.20. The normalized spacial score (nSPS) is 11.4. The van der Waals surface area contributed by atoms with E-state index in [0.29, 0.717) is 28.1 Å². The first-order valence-electron chi connectivity index (χ1n) is 12.5. The van der Waals surface area contributed by atoms with Gasteiger partial charge in [0.15, 0.2) is 11.0 Å². The number of hydrazine groups is 1. The zero-order valence-electron chi connectivity index (χ0n) is 21.6. The number of nitrogens with zero attached hydrogens (tertiary/aromatic N) is 5. The van der Waals surface area contributed by atoms with Gasteiger partial charge in [-0.3, -0.25) is 4.79 Å². The summed E-state index contributed by atoms with van der Waals surface area (Å²) in [7, 11) is 0. The highest BCUT2D eigenvalue weighted by Gasteiger charge is 2.16. The van der Waals surface area contributed by atoms with Crippen LogP contribution in [-0.4, -0.2) is 43.2 Å². The first-order chi connectivity index (χ1) is 18.7. The second kappa shape index (κ2) is 14.2. The molecule has 0 aliphatic heterocycles. The zero-order valence-corrected chi connectivity index (χ0v) is 22.4. The molecule has 1 amide bonds. The van der Waals surface area contributed by atoms with Crippen LogP contribution in [0.5, 0.6) is 0 Å². The molecule has 0 spiro atoms. The molecule has 0 fully saturated rings. The highest BCUT2D eigenvalue weighted by atomic mass is 35.5. The molecule has 0 unspecified atom stereocenters. The van der Waals surface area contributed by atoms with Gasteiger partial charge < -0.3 is 20.2 Å². The molecule has 1 heterocycles. The molecule has 0 atom stereocenters. The van der Waals surface area contributed by atoms with Gasteiger partial charge in [-0.25, -0.2) is 10.8 Å². The summed E-state index contributed by atoms with van der Waals surface area (Å²) >= 11 is 6.27. The summed E-state index contributed by atoms with van der Waals surface area (Å²) in [5.74, 6) is 6.07. The summed E-state index contributed by atoms with van der Waals surface area (Å²) in [6, 6.07) is 15.2. The highest BCUT2D eigenvalue weighted by Crippen LogP contribution is 2.26. The van der Waals surface area contributed by atoms with E-state index in [2.05, 4.69) is 21.8 Å². The van der Waals surface area contributed by atoms with Crippen LogP contribution in [0.2, 0.25) is 5.15 Å². The second-order valence-electron chi connectivity index (χ2n) is 8.74. The van der Waals surface area contributed by atoms with Crippen LogP contribution in [0.3, 0.4) is 0 Å². The van der Waals surface area contributed by atoms with E-state index in [1.807, 2.05) is 41.0 Å². The molecule has 5 N–H and O–H groups in total. The number of rotatable bonds is 14. The van der Waals surface area contributed by atoms with Crippen molar-refractivity contribution in [2.24, 2.45) is 16.7 Å². The Morgan fingerprint density at radius 2 is 1.95 bits per heavy atom. The van der Waals surface area contributed by atoms with Crippen LogP contribution in [0, 0.1) is 10.1 Å². The minimum Gasteiger partial charge on any atom is -0.390 e. The summed E-state index contributed by atoms with van der Waals surface area (Å²) in [4.78, 5) is 31.1. The van der Waals surface area contributed by atoms with E-state index in [4.69, 9.17) is 23.2 Å². The van der Waals surface area contributed by atoms with Crippen LogP contribution < -0.4 is 11.6 Å². The van der Waals surface area contributed by atoms with Crippen LogP contribution in [0.25, 0.3) is 11.1 Å². The summed E-state index contributed by atoms with van der Waals surface area (Å²) in [5, 5.41) is 24.1. The number of unbranched alkanes of at least 4 members (excludes halogenated alkanes) is 1. The number of amides is 1. The highest BCUT2D eigenvalue weighted by molar-refractivity contribution is 6.30. The van der Waals surface area contributed by atoms with Crippen molar-refractivity contribution in [3.8, 4) is 11.1 Å². The molecule has 0 radical (unpaired) electrons. The number of aryl methyl sites for hydroxylation is 1. The van der Waals surface area contributed by atoms with Gasteiger partial charge in [0.05, 0.1) is 18.9 Å². The minimum absolute atomic E-state index is 0.0354. The topological polar surface area (TPSA) is 175 Å². The van der Waals surface area contributed by atoms with Gasteiger partial charge in [-0.05, 0) is 29.5 Å². The Hall–Kier alpha value is -4.00. The van der Waals surface area contributed by atoms with E-state index in [1.165, 1.54) is 0 Å². The predicted octanol–water partition coefficient (Wildman–Crippen LogP) is 3.40. The average Bonchev–Trinajstić information content (AvgIpc) is 3.23. The summed E-state index contributed by atoms with van der Waals surface area (Å²) in [6.07, 6.45) is 2.78. The van der Waals surface area contributed by atoms with Crippen LogP contribution in [-0.2, 0) is 29.2 Å². The van der Waals surface area contributed by atoms with Gasteiger partial charge >= 0.3 is 0 Å². The van der Waals surface area contributed by atoms with E-state index in [0.717, 1.165) is 41.8 Å².